The van der Waals surface area contributed by atoms with Gasteiger partial charge in [-0.3, -0.25) is 9.69 Å². The second-order valence-corrected chi connectivity index (χ2v) is 11.6. The molecule has 2 fully saturated rings. The minimum Gasteiger partial charge on any atom is -0.494 e. The first kappa shape index (κ1) is 31.6. The van der Waals surface area contributed by atoms with Crippen LogP contribution in [0.25, 0.3) is 10.8 Å². The molecule has 2 aliphatic rings. The molecule has 1 heterocycles. The molecule has 0 spiro atoms. The fourth-order valence-corrected chi connectivity index (χ4v) is 6.41. The van der Waals surface area contributed by atoms with Crippen molar-refractivity contribution in [3.8, 4) is 11.5 Å². The number of rotatable bonds is 14. The van der Waals surface area contributed by atoms with E-state index in [0.717, 1.165) is 42.9 Å². The average molecular weight is 604 g/mol. The normalized spacial score (nSPS) is 18.4. The van der Waals surface area contributed by atoms with Crippen LogP contribution in [-0.4, -0.2) is 98.5 Å². The van der Waals surface area contributed by atoms with Gasteiger partial charge in [-0.25, -0.2) is 4.79 Å². The highest BCUT2D eigenvalue weighted by Crippen LogP contribution is 2.30. The number of anilines is 1. The lowest BCUT2D eigenvalue weighted by Crippen LogP contribution is -2.52. The Bertz CT molecular complexity index is 1390. The number of amides is 1. The first-order valence-electron chi connectivity index (χ1n) is 15.9. The Morgan fingerprint density at radius 2 is 1.75 bits per heavy atom. The Labute approximate surface area is 260 Å². The van der Waals surface area contributed by atoms with Crippen molar-refractivity contribution < 1.29 is 28.9 Å². The summed E-state index contributed by atoms with van der Waals surface area (Å²) in [5.74, 6) is 0.202. The third-order valence-corrected chi connectivity index (χ3v) is 8.82. The van der Waals surface area contributed by atoms with Crippen LogP contribution >= 0.6 is 0 Å². The molecule has 9 nitrogen and oxygen atoms in total. The second kappa shape index (κ2) is 15.3. The van der Waals surface area contributed by atoms with Crippen molar-refractivity contribution in [2.75, 3.05) is 64.5 Å². The van der Waals surface area contributed by atoms with Crippen LogP contribution in [0.3, 0.4) is 0 Å². The first-order chi connectivity index (χ1) is 21.4. The van der Waals surface area contributed by atoms with Gasteiger partial charge in [0, 0.05) is 62.5 Å². The van der Waals surface area contributed by atoms with Gasteiger partial charge in [0.1, 0.15) is 11.5 Å². The number of ether oxygens (including phenoxy) is 3. The molecule has 1 amide bonds. The lowest BCUT2D eigenvalue weighted by atomic mass is 9.90. The Hall–Kier alpha value is -3.82. The zero-order valence-electron chi connectivity index (χ0n) is 26.0. The number of likely N-dealkylation sites (N-methyl/N-ethyl adjacent to an activating group) is 2. The fourth-order valence-electron chi connectivity index (χ4n) is 6.41. The molecular weight excluding hydrogens is 558 g/mol. The van der Waals surface area contributed by atoms with Gasteiger partial charge in [-0.05, 0) is 68.0 Å². The van der Waals surface area contributed by atoms with Crippen LogP contribution in [0.4, 0.5) is 5.69 Å². The van der Waals surface area contributed by atoms with Gasteiger partial charge in [-0.1, -0.05) is 37.1 Å². The topological polar surface area (TPSA) is 91.8 Å². The summed E-state index contributed by atoms with van der Waals surface area (Å²) in [5, 5.41) is 10.5. The minimum atomic E-state index is -1.05. The molecule has 236 valence electrons. The number of carboxylic acids is 1. The van der Waals surface area contributed by atoms with Gasteiger partial charge in [0.15, 0.2) is 6.61 Å². The maximum Gasteiger partial charge on any atom is 0.341 e. The summed E-state index contributed by atoms with van der Waals surface area (Å²) in [6, 6.07) is 19.6. The number of carboxylic acid groups (broad SMARTS) is 1. The molecule has 5 rings (SSSR count). The van der Waals surface area contributed by atoms with Crippen molar-refractivity contribution in [2.24, 2.45) is 0 Å². The highest BCUT2D eigenvalue weighted by molar-refractivity contribution is 6.08. The lowest BCUT2D eigenvalue weighted by Gasteiger charge is -2.43. The smallest absolute Gasteiger partial charge is 0.341 e. The monoisotopic (exact) mass is 603 g/mol. The number of aliphatic carboxylic acids is 1. The van der Waals surface area contributed by atoms with Gasteiger partial charge >= 0.3 is 5.97 Å². The number of carbonyl (C=O) groups excluding carboxylic acids is 1. The molecule has 9 heteroatoms. The number of morpholine rings is 1. The van der Waals surface area contributed by atoms with E-state index in [2.05, 4.69) is 21.9 Å². The maximum absolute atomic E-state index is 13.6. The van der Waals surface area contributed by atoms with Gasteiger partial charge in [0.05, 0.1) is 19.3 Å². The highest BCUT2D eigenvalue weighted by Gasteiger charge is 2.33. The minimum absolute atomic E-state index is 0.0679. The predicted octanol–water partition coefficient (Wildman–Crippen LogP) is 5.31. The Kier molecular flexibility index (Phi) is 11.0. The zero-order chi connectivity index (χ0) is 30.9. The van der Waals surface area contributed by atoms with E-state index in [1.165, 1.54) is 25.7 Å². The van der Waals surface area contributed by atoms with E-state index < -0.39 is 12.6 Å². The van der Waals surface area contributed by atoms with Crippen molar-refractivity contribution in [2.45, 2.75) is 51.2 Å². The SMILES string of the molecule is CCN(CCN(C)c1ccc(OCCCN2CCOC3CCCCC32)cc1)C(=O)c1ccc(OCC(=O)O)c2ccccc12. The van der Waals surface area contributed by atoms with Crippen LogP contribution in [0.15, 0.2) is 60.7 Å². The van der Waals surface area contributed by atoms with Gasteiger partial charge < -0.3 is 29.1 Å². The molecule has 0 bridgehead atoms. The van der Waals surface area contributed by atoms with Gasteiger partial charge in [0.25, 0.3) is 5.91 Å². The molecular formula is C35H45N3O6. The van der Waals surface area contributed by atoms with Crippen molar-refractivity contribution in [1.82, 2.24) is 9.80 Å². The van der Waals surface area contributed by atoms with E-state index in [1.54, 1.807) is 12.1 Å². The largest absolute Gasteiger partial charge is 0.494 e. The van der Waals surface area contributed by atoms with Crippen LogP contribution in [0.1, 0.15) is 49.4 Å². The molecule has 1 saturated carbocycles. The average Bonchev–Trinajstić information content (AvgIpc) is 3.06. The van der Waals surface area contributed by atoms with E-state index in [1.807, 2.05) is 55.3 Å². The summed E-state index contributed by atoms with van der Waals surface area (Å²) in [5.41, 5.74) is 1.63. The Morgan fingerprint density at radius 3 is 2.52 bits per heavy atom. The molecule has 1 aliphatic heterocycles. The van der Waals surface area contributed by atoms with Gasteiger partial charge in [0.2, 0.25) is 0 Å². The highest BCUT2D eigenvalue weighted by atomic mass is 16.5. The van der Waals surface area contributed by atoms with E-state index in [-0.39, 0.29) is 5.91 Å². The summed E-state index contributed by atoms with van der Waals surface area (Å²) in [7, 11) is 2.03. The van der Waals surface area contributed by atoms with Gasteiger partial charge in [-0.2, -0.15) is 0 Å². The van der Waals surface area contributed by atoms with E-state index in [0.29, 0.717) is 55.1 Å². The summed E-state index contributed by atoms with van der Waals surface area (Å²) >= 11 is 0. The molecule has 3 aromatic rings. The third kappa shape index (κ3) is 7.81. The molecule has 0 radical (unpaired) electrons. The molecule has 0 aromatic heterocycles. The first-order valence-corrected chi connectivity index (χ1v) is 15.9. The van der Waals surface area contributed by atoms with E-state index in [4.69, 9.17) is 19.3 Å². The van der Waals surface area contributed by atoms with Crippen molar-refractivity contribution in [1.29, 1.82) is 0 Å². The third-order valence-electron chi connectivity index (χ3n) is 8.82. The summed E-state index contributed by atoms with van der Waals surface area (Å²) in [6.07, 6.45) is 6.47. The predicted molar refractivity (Wildman–Crippen MR) is 172 cm³/mol. The maximum atomic E-state index is 13.6. The van der Waals surface area contributed by atoms with E-state index >= 15 is 0 Å². The van der Waals surface area contributed by atoms with Crippen LogP contribution in [0, 0.1) is 0 Å². The van der Waals surface area contributed by atoms with Crippen LogP contribution in [0.5, 0.6) is 11.5 Å². The van der Waals surface area contributed by atoms with Crippen LogP contribution < -0.4 is 14.4 Å². The number of hydrogen-bond donors (Lipinski definition) is 1. The fraction of sp³-hybridized carbons (Fsp3) is 0.486. The summed E-state index contributed by atoms with van der Waals surface area (Å²) in [4.78, 5) is 31.2. The lowest BCUT2D eigenvalue weighted by molar-refractivity contribution is -0.139. The van der Waals surface area contributed by atoms with Crippen LogP contribution in [-0.2, 0) is 9.53 Å². The number of benzene rings is 3. The molecule has 1 aliphatic carbocycles. The molecule has 1 saturated heterocycles. The quantitative estimate of drug-likeness (QED) is 0.248. The Morgan fingerprint density at radius 1 is 0.977 bits per heavy atom. The summed E-state index contributed by atoms with van der Waals surface area (Å²) < 4.78 is 17.5. The molecule has 3 aromatic carbocycles. The van der Waals surface area contributed by atoms with Gasteiger partial charge in [-0.15, -0.1) is 0 Å². The molecule has 1 N–H and O–H groups in total. The number of carbonyl (C=O) groups is 2. The number of nitrogens with zero attached hydrogens (tertiary/aromatic N) is 3. The number of hydrogen-bond acceptors (Lipinski definition) is 7. The Balaban J connectivity index is 1.11. The molecule has 2 atom stereocenters. The van der Waals surface area contributed by atoms with Crippen molar-refractivity contribution in [3.05, 3.63) is 66.2 Å². The summed E-state index contributed by atoms with van der Waals surface area (Å²) in [6.45, 7) is 6.94. The van der Waals surface area contributed by atoms with Crippen LogP contribution in [0.2, 0.25) is 0 Å². The number of fused-ring (bicyclic) bond motifs is 2. The van der Waals surface area contributed by atoms with Crippen molar-refractivity contribution in [3.63, 3.8) is 0 Å². The van der Waals surface area contributed by atoms with E-state index in [9.17, 15) is 9.59 Å². The zero-order valence-corrected chi connectivity index (χ0v) is 26.0. The van der Waals surface area contributed by atoms with Crippen molar-refractivity contribution >= 4 is 28.3 Å². The molecule has 2 unspecified atom stereocenters. The standard InChI is InChI=1S/C35H45N3O6/c1-3-37(35(41)30-17-18-32(44-25-34(39)40)29-10-5-4-9-28(29)30)21-20-36(2)26-13-15-27(16-14-26)42-23-8-19-38-22-24-43-33-12-7-6-11-31(33)38/h4-5,9-10,13-18,31,33H,3,6-8,11-12,19-25H2,1-2H3,(H,39,40). The second-order valence-electron chi connectivity index (χ2n) is 11.6. The molecule has 44 heavy (non-hydrogen) atoms.